The van der Waals surface area contributed by atoms with E-state index < -0.39 is 0 Å². The van der Waals surface area contributed by atoms with Gasteiger partial charge in [-0.25, -0.2) is 4.98 Å². The first kappa shape index (κ1) is 12.1. The summed E-state index contributed by atoms with van der Waals surface area (Å²) in [4.78, 5) is 4.57. The number of rotatable bonds is 2. The lowest BCUT2D eigenvalue weighted by Crippen LogP contribution is -2.16. The van der Waals surface area contributed by atoms with E-state index in [1.54, 1.807) is 0 Å². The lowest BCUT2D eigenvalue weighted by molar-refractivity contribution is 0.517. The van der Waals surface area contributed by atoms with Gasteiger partial charge in [0.2, 0.25) is 0 Å². The maximum Gasteiger partial charge on any atom is 0.127 e. The van der Waals surface area contributed by atoms with Gasteiger partial charge < -0.3 is 10.3 Å². The summed E-state index contributed by atoms with van der Waals surface area (Å²) < 4.78 is 2.12. The van der Waals surface area contributed by atoms with Crippen LogP contribution < -0.4 is 5.73 Å². The molecule has 0 aromatic carbocycles. The molecule has 0 atom stereocenters. The van der Waals surface area contributed by atoms with Crippen LogP contribution in [0.4, 0.5) is 5.82 Å². The first-order chi connectivity index (χ1) is 6.73. The van der Waals surface area contributed by atoms with Crippen LogP contribution in [0.3, 0.4) is 0 Å². The van der Waals surface area contributed by atoms with Gasteiger partial charge in [0.1, 0.15) is 11.6 Å². The van der Waals surface area contributed by atoms with Crippen LogP contribution in [0.2, 0.25) is 0 Å². The van der Waals surface area contributed by atoms with E-state index in [4.69, 9.17) is 5.73 Å². The summed E-state index contributed by atoms with van der Waals surface area (Å²) in [5, 5.41) is 0. The molecule has 0 spiro atoms. The summed E-state index contributed by atoms with van der Waals surface area (Å²) in [7, 11) is 0. The second-order valence-corrected chi connectivity index (χ2v) is 5.65. The molecule has 1 rings (SSSR count). The van der Waals surface area contributed by atoms with Crippen molar-refractivity contribution in [2.75, 3.05) is 5.73 Å². The Kier molecular flexibility index (Phi) is 3.12. The van der Waals surface area contributed by atoms with E-state index in [0.29, 0.717) is 5.92 Å². The van der Waals surface area contributed by atoms with Gasteiger partial charge in [-0.1, -0.05) is 34.6 Å². The third-order valence-electron chi connectivity index (χ3n) is 2.46. The number of hydrogen-bond donors (Lipinski definition) is 1. The van der Waals surface area contributed by atoms with Crippen molar-refractivity contribution in [3.05, 3.63) is 11.5 Å². The Bertz CT molecular complexity index is 342. The monoisotopic (exact) mass is 209 g/mol. The van der Waals surface area contributed by atoms with Crippen molar-refractivity contribution >= 4 is 5.82 Å². The third kappa shape index (κ3) is 2.52. The minimum atomic E-state index is 0.0249. The highest BCUT2D eigenvalue weighted by Gasteiger charge is 2.23. The van der Waals surface area contributed by atoms with Crippen molar-refractivity contribution in [2.24, 2.45) is 5.92 Å². The minimum absolute atomic E-state index is 0.0249. The van der Waals surface area contributed by atoms with E-state index in [0.717, 1.165) is 23.9 Å². The second-order valence-electron chi connectivity index (χ2n) is 5.65. The zero-order chi connectivity index (χ0) is 11.8. The summed E-state index contributed by atoms with van der Waals surface area (Å²) in [6.07, 6.45) is 0. The van der Waals surface area contributed by atoms with Gasteiger partial charge in [-0.05, 0) is 12.8 Å². The van der Waals surface area contributed by atoms with Crippen LogP contribution in [0.1, 0.15) is 46.1 Å². The normalized spacial score (nSPS) is 12.5. The van der Waals surface area contributed by atoms with Crippen LogP contribution in [-0.4, -0.2) is 9.55 Å². The highest BCUT2D eigenvalue weighted by atomic mass is 15.1. The van der Waals surface area contributed by atoms with Crippen molar-refractivity contribution in [3.63, 3.8) is 0 Å². The Morgan fingerprint density at radius 1 is 1.33 bits per heavy atom. The Balaban J connectivity index is 3.15. The van der Waals surface area contributed by atoms with Gasteiger partial charge >= 0.3 is 0 Å². The number of hydrogen-bond acceptors (Lipinski definition) is 2. The number of aromatic nitrogens is 2. The van der Waals surface area contributed by atoms with E-state index >= 15 is 0 Å². The first-order valence-corrected chi connectivity index (χ1v) is 5.56. The average molecular weight is 209 g/mol. The minimum Gasteiger partial charge on any atom is -0.384 e. The molecule has 0 fully saturated rings. The zero-order valence-corrected chi connectivity index (χ0v) is 10.8. The van der Waals surface area contributed by atoms with Crippen LogP contribution in [0, 0.1) is 12.8 Å². The van der Waals surface area contributed by atoms with Gasteiger partial charge in [-0.2, -0.15) is 0 Å². The topological polar surface area (TPSA) is 43.8 Å². The van der Waals surface area contributed by atoms with Crippen molar-refractivity contribution in [1.82, 2.24) is 9.55 Å². The number of nitrogens with two attached hydrogens (primary N) is 1. The fourth-order valence-electron chi connectivity index (χ4n) is 1.73. The van der Waals surface area contributed by atoms with Crippen LogP contribution in [-0.2, 0) is 12.0 Å². The molecular weight excluding hydrogens is 186 g/mol. The van der Waals surface area contributed by atoms with E-state index in [-0.39, 0.29) is 5.41 Å². The largest absolute Gasteiger partial charge is 0.384 e. The Morgan fingerprint density at radius 3 is 2.20 bits per heavy atom. The number of nitrogens with zero attached hydrogens (tertiary/aromatic N) is 2. The van der Waals surface area contributed by atoms with Crippen LogP contribution in [0.15, 0.2) is 0 Å². The molecule has 2 N–H and O–H groups in total. The summed E-state index contributed by atoms with van der Waals surface area (Å²) in [6, 6.07) is 0. The van der Waals surface area contributed by atoms with E-state index in [1.807, 2.05) is 6.92 Å². The van der Waals surface area contributed by atoms with Crippen LogP contribution in [0.25, 0.3) is 0 Å². The summed E-state index contributed by atoms with van der Waals surface area (Å²) in [5.74, 6) is 2.44. The predicted molar refractivity (Wildman–Crippen MR) is 64.9 cm³/mol. The molecule has 86 valence electrons. The van der Waals surface area contributed by atoms with Crippen LogP contribution >= 0.6 is 0 Å². The van der Waals surface area contributed by atoms with Crippen molar-refractivity contribution in [2.45, 2.75) is 53.5 Å². The third-order valence-corrected chi connectivity index (χ3v) is 2.46. The molecule has 0 saturated heterocycles. The van der Waals surface area contributed by atoms with Crippen molar-refractivity contribution in [1.29, 1.82) is 0 Å². The van der Waals surface area contributed by atoms with Gasteiger partial charge in [0.25, 0.3) is 0 Å². The van der Waals surface area contributed by atoms with Gasteiger partial charge in [0, 0.05) is 12.0 Å². The van der Waals surface area contributed by atoms with Gasteiger partial charge in [0.15, 0.2) is 0 Å². The standard InChI is InChI=1S/C12H23N3/c1-8(2)7-15-9(3)14-10(11(15)13)12(4,5)6/h8H,7,13H2,1-6H3. The Morgan fingerprint density at radius 2 is 1.87 bits per heavy atom. The zero-order valence-electron chi connectivity index (χ0n) is 10.8. The first-order valence-electron chi connectivity index (χ1n) is 5.56. The number of imidazole rings is 1. The molecule has 15 heavy (non-hydrogen) atoms. The summed E-state index contributed by atoms with van der Waals surface area (Å²) in [5.41, 5.74) is 7.18. The number of aryl methyl sites for hydroxylation is 1. The Hall–Kier alpha value is -0.990. The smallest absolute Gasteiger partial charge is 0.127 e. The number of nitrogen functional groups attached to an aromatic ring is 1. The molecule has 1 aromatic heterocycles. The molecule has 0 amide bonds. The highest BCUT2D eigenvalue weighted by Crippen LogP contribution is 2.28. The molecule has 0 unspecified atom stereocenters. The van der Waals surface area contributed by atoms with E-state index in [9.17, 15) is 0 Å². The maximum atomic E-state index is 6.14. The molecule has 0 aliphatic rings. The van der Waals surface area contributed by atoms with Gasteiger partial charge in [-0.15, -0.1) is 0 Å². The van der Waals surface area contributed by atoms with E-state index in [2.05, 4.69) is 44.2 Å². The fraction of sp³-hybridized carbons (Fsp3) is 0.750. The predicted octanol–water partition coefficient (Wildman–Crippen LogP) is 2.73. The molecular formula is C12H23N3. The average Bonchev–Trinajstić information content (AvgIpc) is 2.30. The fourth-order valence-corrected chi connectivity index (χ4v) is 1.73. The summed E-state index contributed by atoms with van der Waals surface area (Å²) in [6.45, 7) is 13.8. The van der Waals surface area contributed by atoms with Gasteiger partial charge in [-0.3, -0.25) is 0 Å². The lowest BCUT2D eigenvalue weighted by Gasteiger charge is -2.17. The maximum absolute atomic E-state index is 6.14. The van der Waals surface area contributed by atoms with E-state index in [1.165, 1.54) is 0 Å². The molecule has 3 heteroatoms. The lowest BCUT2D eigenvalue weighted by atomic mass is 9.92. The van der Waals surface area contributed by atoms with Gasteiger partial charge in [0.05, 0.1) is 5.69 Å². The molecule has 0 saturated carbocycles. The quantitative estimate of drug-likeness (QED) is 0.814. The number of anilines is 1. The molecule has 0 bridgehead atoms. The van der Waals surface area contributed by atoms with Crippen LogP contribution in [0.5, 0.6) is 0 Å². The molecule has 0 aliphatic carbocycles. The van der Waals surface area contributed by atoms with Crippen molar-refractivity contribution < 1.29 is 0 Å². The molecule has 0 radical (unpaired) electrons. The highest BCUT2D eigenvalue weighted by molar-refractivity contribution is 5.42. The molecule has 1 aromatic rings. The molecule has 0 aliphatic heterocycles. The Labute approximate surface area is 92.7 Å². The second kappa shape index (κ2) is 3.87. The summed E-state index contributed by atoms with van der Waals surface area (Å²) >= 11 is 0. The molecule has 1 heterocycles. The molecule has 3 nitrogen and oxygen atoms in total. The SMILES string of the molecule is Cc1nc(C(C)(C)C)c(N)n1CC(C)C. The van der Waals surface area contributed by atoms with Crippen molar-refractivity contribution in [3.8, 4) is 0 Å².